The Morgan fingerprint density at radius 1 is 0.800 bits per heavy atom. The van der Waals surface area contributed by atoms with Crippen LogP contribution in [0.4, 0.5) is 0 Å². The number of thiol groups is 1. The molecule has 2 heteroatoms. The van der Waals surface area contributed by atoms with Gasteiger partial charge in [-0.1, -0.05) is 0 Å². The van der Waals surface area contributed by atoms with Gasteiger partial charge in [-0.25, -0.2) is 0 Å². The van der Waals surface area contributed by atoms with E-state index in [-0.39, 0.29) is 0 Å². The normalized spacial score (nSPS) is 42.8. The molecule has 0 bridgehead atoms. The molecule has 0 radical (unpaired) electrons. The summed E-state index contributed by atoms with van der Waals surface area (Å²) in [6.45, 7) is 0. The summed E-state index contributed by atoms with van der Waals surface area (Å²) in [7, 11) is 3.01. The molecular weight excluding hydrogens is 219 g/mol. The van der Waals surface area contributed by atoms with Crippen molar-refractivity contribution in [3.8, 4) is 0 Å². The van der Waals surface area contributed by atoms with Gasteiger partial charge >= 0.3 is 0 Å². The van der Waals surface area contributed by atoms with Crippen LogP contribution in [-0.4, -0.2) is 10.9 Å². The van der Waals surface area contributed by atoms with E-state index in [1.165, 1.54) is 57.8 Å². The second kappa shape index (κ2) is 5.92. The van der Waals surface area contributed by atoms with Crippen molar-refractivity contribution in [3.05, 3.63) is 0 Å². The first-order valence-electron chi connectivity index (χ1n) is 6.67. The molecule has 0 aromatic heterocycles. The van der Waals surface area contributed by atoms with Gasteiger partial charge in [-0.05, 0) is 75.3 Å². The zero-order chi connectivity index (χ0) is 10.7. The number of rotatable bonds is 2. The van der Waals surface area contributed by atoms with Crippen molar-refractivity contribution >= 4 is 21.9 Å². The van der Waals surface area contributed by atoms with E-state index in [1.807, 2.05) is 0 Å². The molecule has 1 unspecified atom stereocenters. The molecule has 0 N–H and O–H groups in total. The smallest absolute Gasteiger partial charge is 0.00170 e. The molecule has 2 aliphatic carbocycles. The Balaban J connectivity index is 1.68. The van der Waals surface area contributed by atoms with Crippen LogP contribution in [0.5, 0.6) is 0 Å². The van der Waals surface area contributed by atoms with Gasteiger partial charge in [0.15, 0.2) is 0 Å². The quantitative estimate of drug-likeness (QED) is 0.543. The third-order valence-corrected chi connectivity index (χ3v) is 5.56. The fraction of sp³-hybridized carbons (Fsp3) is 1.00. The molecule has 15 heavy (non-hydrogen) atoms. The fourth-order valence-corrected chi connectivity index (χ4v) is 3.96. The van der Waals surface area contributed by atoms with Crippen LogP contribution in [0.3, 0.4) is 0 Å². The maximum atomic E-state index is 4.58. The monoisotopic (exact) mass is 244 g/mol. The van der Waals surface area contributed by atoms with Gasteiger partial charge in [0.25, 0.3) is 0 Å². The summed E-state index contributed by atoms with van der Waals surface area (Å²) < 4.78 is 0. The Morgan fingerprint density at radius 2 is 1.27 bits per heavy atom. The third-order valence-electron chi connectivity index (χ3n) is 4.37. The molecule has 0 aromatic rings. The summed E-state index contributed by atoms with van der Waals surface area (Å²) in [6, 6.07) is 0. The first kappa shape index (κ1) is 12.2. The van der Waals surface area contributed by atoms with Crippen LogP contribution in [0.25, 0.3) is 0 Å². The molecule has 2 rings (SSSR count). The summed E-state index contributed by atoms with van der Waals surface area (Å²) in [5.74, 6) is 2.10. The van der Waals surface area contributed by atoms with E-state index in [4.69, 9.17) is 0 Å². The molecule has 0 spiro atoms. The van der Waals surface area contributed by atoms with Crippen molar-refractivity contribution in [2.45, 2.75) is 68.7 Å². The topological polar surface area (TPSA) is 0 Å². The number of hydrogen-bond donors (Lipinski definition) is 1. The predicted molar refractivity (Wildman–Crippen MR) is 74.8 cm³/mol. The van der Waals surface area contributed by atoms with Gasteiger partial charge < -0.3 is 0 Å². The van der Waals surface area contributed by atoms with Crippen molar-refractivity contribution in [2.24, 2.45) is 11.8 Å². The molecule has 0 amide bonds. The standard InChI is InChI=1S/C13H25PS/c14-12-5-1-10(2-6-12)9-11-3-7-13(15)8-4-11/h10-13,15H,1-9,14H2. The predicted octanol–water partition coefficient (Wildman–Crippen LogP) is 4.30. The van der Waals surface area contributed by atoms with E-state index < -0.39 is 0 Å². The second-order valence-electron chi connectivity index (χ2n) is 5.69. The Labute approximate surface area is 103 Å². The minimum absolute atomic E-state index is 0.712. The van der Waals surface area contributed by atoms with Crippen LogP contribution >= 0.6 is 21.9 Å². The molecule has 0 heterocycles. The highest BCUT2D eigenvalue weighted by Gasteiger charge is 2.24. The molecule has 2 aliphatic rings. The lowest BCUT2D eigenvalue weighted by Crippen LogP contribution is -2.20. The van der Waals surface area contributed by atoms with Gasteiger partial charge in [-0.2, -0.15) is 12.6 Å². The highest BCUT2D eigenvalue weighted by Crippen LogP contribution is 2.37. The zero-order valence-electron chi connectivity index (χ0n) is 9.70. The number of hydrogen-bond acceptors (Lipinski definition) is 1. The molecular formula is C13H25PS. The lowest BCUT2D eigenvalue weighted by Gasteiger charge is -2.32. The maximum absolute atomic E-state index is 4.58. The van der Waals surface area contributed by atoms with Crippen LogP contribution < -0.4 is 0 Å². The first-order valence-corrected chi connectivity index (χ1v) is 7.86. The van der Waals surface area contributed by atoms with E-state index in [9.17, 15) is 0 Å². The molecule has 2 saturated carbocycles. The fourth-order valence-electron chi connectivity index (χ4n) is 3.28. The molecule has 0 saturated heterocycles. The van der Waals surface area contributed by atoms with Crippen molar-refractivity contribution in [1.29, 1.82) is 0 Å². The van der Waals surface area contributed by atoms with Gasteiger partial charge in [0.1, 0.15) is 0 Å². The summed E-state index contributed by atoms with van der Waals surface area (Å²) in [6.07, 6.45) is 13.1. The van der Waals surface area contributed by atoms with Crippen molar-refractivity contribution in [3.63, 3.8) is 0 Å². The minimum Gasteiger partial charge on any atom is -0.176 e. The van der Waals surface area contributed by atoms with E-state index in [2.05, 4.69) is 21.9 Å². The van der Waals surface area contributed by atoms with Crippen molar-refractivity contribution in [1.82, 2.24) is 0 Å². The Hall–Kier alpha value is 0.780. The largest absolute Gasteiger partial charge is 0.176 e. The molecule has 0 nitrogen and oxygen atoms in total. The van der Waals surface area contributed by atoms with Gasteiger partial charge in [0.05, 0.1) is 0 Å². The zero-order valence-corrected chi connectivity index (χ0v) is 11.7. The minimum atomic E-state index is 0.712. The van der Waals surface area contributed by atoms with Gasteiger partial charge in [-0.15, -0.1) is 9.24 Å². The summed E-state index contributed by atoms with van der Waals surface area (Å²) in [5, 5.41) is 0.712. The molecule has 0 aliphatic heterocycles. The van der Waals surface area contributed by atoms with Crippen molar-refractivity contribution < 1.29 is 0 Å². The Kier molecular flexibility index (Phi) is 4.83. The SMILES string of the molecule is PC1CCC(CC2CCC(S)CC2)CC1. The van der Waals surface area contributed by atoms with E-state index in [0.717, 1.165) is 17.5 Å². The van der Waals surface area contributed by atoms with E-state index in [1.54, 1.807) is 0 Å². The summed E-state index contributed by atoms with van der Waals surface area (Å²) in [5.41, 5.74) is 0.925. The average molecular weight is 244 g/mol. The highest BCUT2D eigenvalue weighted by atomic mass is 32.1. The second-order valence-corrected chi connectivity index (χ2v) is 7.36. The molecule has 0 aromatic carbocycles. The van der Waals surface area contributed by atoms with Crippen molar-refractivity contribution in [2.75, 3.05) is 0 Å². The average Bonchev–Trinajstić information content (AvgIpc) is 2.25. The Bertz CT molecular complexity index is 159. The van der Waals surface area contributed by atoms with Crippen LogP contribution in [0, 0.1) is 11.8 Å². The molecule has 1 atom stereocenters. The third kappa shape index (κ3) is 3.93. The Morgan fingerprint density at radius 3 is 1.80 bits per heavy atom. The van der Waals surface area contributed by atoms with Crippen LogP contribution in [0.15, 0.2) is 0 Å². The van der Waals surface area contributed by atoms with Gasteiger partial charge in [0.2, 0.25) is 0 Å². The summed E-state index contributed by atoms with van der Waals surface area (Å²) in [4.78, 5) is 0. The van der Waals surface area contributed by atoms with E-state index in [0.29, 0.717) is 5.25 Å². The van der Waals surface area contributed by atoms with E-state index >= 15 is 0 Å². The van der Waals surface area contributed by atoms with Gasteiger partial charge in [-0.3, -0.25) is 0 Å². The first-order chi connectivity index (χ1) is 7.24. The van der Waals surface area contributed by atoms with Crippen LogP contribution in [0.1, 0.15) is 57.8 Å². The lowest BCUT2D eigenvalue weighted by molar-refractivity contribution is 0.249. The molecule has 88 valence electrons. The summed E-state index contributed by atoms with van der Waals surface area (Å²) >= 11 is 4.58. The lowest BCUT2D eigenvalue weighted by atomic mass is 9.77. The van der Waals surface area contributed by atoms with Crippen LogP contribution in [-0.2, 0) is 0 Å². The van der Waals surface area contributed by atoms with Crippen LogP contribution in [0.2, 0.25) is 0 Å². The highest BCUT2D eigenvalue weighted by molar-refractivity contribution is 7.80. The molecule has 2 fully saturated rings. The maximum Gasteiger partial charge on any atom is 0.00170 e. The van der Waals surface area contributed by atoms with Gasteiger partial charge in [0, 0.05) is 5.25 Å².